The number of nitrogens with zero attached hydrogens (tertiary/aromatic N) is 1. The van der Waals surface area contributed by atoms with E-state index in [9.17, 15) is 23.5 Å². The van der Waals surface area contributed by atoms with Crippen LogP contribution in [0.25, 0.3) is 0 Å². The number of hydrogen-bond acceptors (Lipinski definition) is 6. The Morgan fingerprint density at radius 1 is 1.28 bits per heavy atom. The van der Waals surface area contributed by atoms with Gasteiger partial charge in [-0.25, -0.2) is 13.6 Å². The summed E-state index contributed by atoms with van der Waals surface area (Å²) in [5.41, 5.74) is -0.532. The van der Waals surface area contributed by atoms with Gasteiger partial charge in [0.1, 0.15) is 17.2 Å². The maximum atomic E-state index is 13.6. The van der Waals surface area contributed by atoms with Crippen molar-refractivity contribution in [3.05, 3.63) is 35.4 Å². The van der Waals surface area contributed by atoms with E-state index in [-0.39, 0.29) is 25.1 Å². The van der Waals surface area contributed by atoms with Gasteiger partial charge in [-0.2, -0.15) is 0 Å². The summed E-state index contributed by atoms with van der Waals surface area (Å²) >= 11 is 0. The highest BCUT2D eigenvalue weighted by Crippen LogP contribution is 2.23. The van der Waals surface area contributed by atoms with Crippen molar-refractivity contribution in [3.8, 4) is 0 Å². The smallest absolute Gasteiger partial charge is 0.410 e. The zero-order valence-corrected chi connectivity index (χ0v) is 19.1. The monoisotopic (exact) mass is 458 g/mol. The van der Waals surface area contributed by atoms with Crippen molar-refractivity contribution < 1.29 is 37.7 Å². The van der Waals surface area contributed by atoms with Crippen LogP contribution in [0.15, 0.2) is 18.2 Å². The van der Waals surface area contributed by atoms with Crippen LogP contribution in [0.1, 0.15) is 40.2 Å². The van der Waals surface area contributed by atoms with Crippen LogP contribution >= 0.6 is 0 Å². The van der Waals surface area contributed by atoms with Gasteiger partial charge in [-0.3, -0.25) is 9.69 Å². The fourth-order valence-corrected chi connectivity index (χ4v) is 3.51. The van der Waals surface area contributed by atoms with Crippen LogP contribution in [0.5, 0.6) is 0 Å². The van der Waals surface area contributed by atoms with E-state index in [0.29, 0.717) is 6.61 Å². The lowest BCUT2D eigenvalue weighted by Gasteiger charge is -2.43. The molecule has 2 N–H and O–H groups in total. The molecular formula is C22H32F2N2O6. The average Bonchev–Trinajstić information content (AvgIpc) is 2.64. The summed E-state index contributed by atoms with van der Waals surface area (Å²) in [7, 11) is 0. The summed E-state index contributed by atoms with van der Waals surface area (Å²) in [6.45, 7) is 8.48. The molecule has 32 heavy (non-hydrogen) atoms. The first-order valence-electron chi connectivity index (χ1n) is 10.5. The maximum Gasteiger partial charge on any atom is 0.410 e. The van der Waals surface area contributed by atoms with Crippen LogP contribution in [-0.4, -0.2) is 71.8 Å². The minimum Gasteiger partial charge on any atom is -0.444 e. The molecule has 1 aliphatic rings. The first-order valence-corrected chi connectivity index (χ1v) is 10.5. The molecule has 2 rings (SSSR count). The normalized spacial score (nSPS) is 21.1. The van der Waals surface area contributed by atoms with Crippen molar-refractivity contribution in [2.45, 2.75) is 71.1 Å². The van der Waals surface area contributed by atoms with E-state index in [1.807, 2.05) is 0 Å². The molecule has 1 aromatic carbocycles. The van der Waals surface area contributed by atoms with Crippen LogP contribution in [-0.2, 0) is 25.4 Å². The number of nitrogens with one attached hydrogen (secondary N) is 1. The number of ether oxygens (including phenoxy) is 3. The molecule has 180 valence electrons. The van der Waals surface area contributed by atoms with Gasteiger partial charge < -0.3 is 24.6 Å². The summed E-state index contributed by atoms with van der Waals surface area (Å²) in [6.07, 6.45) is -2.76. The van der Waals surface area contributed by atoms with Gasteiger partial charge in [0.15, 0.2) is 6.29 Å². The molecule has 1 aliphatic heterocycles. The predicted molar refractivity (Wildman–Crippen MR) is 112 cm³/mol. The fourth-order valence-electron chi connectivity index (χ4n) is 3.51. The SMILES string of the molecule is CCOC1CN(C(=O)OC(C)(C)C)C(C(O)C(Cc2cc(F)cc(F)c2)NC(C)=O)CO1. The topological polar surface area (TPSA) is 97.3 Å². The van der Waals surface area contributed by atoms with E-state index in [2.05, 4.69) is 5.32 Å². The highest BCUT2D eigenvalue weighted by molar-refractivity contribution is 5.73. The first kappa shape index (κ1) is 26.0. The Kier molecular flexibility index (Phi) is 8.94. The summed E-state index contributed by atoms with van der Waals surface area (Å²) < 4.78 is 43.9. The van der Waals surface area contributed by atoms with E-state index >= 15 is 0 Å². The van der Waals surface area contributed by atoms with E-state index in [0.717, 1.165) is 18.2 Å². The van der Waals surface area contributed by atoms with Crippen LogP contribution in [0, 0.1) is 11.6 Å². The summed E-state index contributed by atoms with van der Waals surface area (Å²) in [5.74, 6) is -1.99. The molecule has 8 nitrogen and oxygen atoms in total. The van der Waals surface area contributed by atoms with E-state index < -0.39 is 53.7 Å². The number of aliphatic hydroxyl groups is 1. The largest absolute Gasteiger partial charge is 0.444 e. The second kappa shape index (κ2) is 11.0. The molecule has 0 saturated carbocycles. The van der Waals surface area contributed by atoms with Gasteiger partial charge in [0, 0.05) is 19.6 Å². The molecule has 0 aliphatic carbocycles. The van der Waals surface area contributed by atoms with Gasteiger partial charge in [-0.1, -0.05) is 0 Å². The molecule has 10 heteroatoms. The van der Waals surface area contributed by atoms with Crippen molar-refractivity contribution in [1.29, 1.82) is 0 Å². The third kappa shape index (κ3) is 7.68. The zero-order chi connectivity index (χ0) is 24.1. The summed E-state index contributed by atoms with van der Waals surface area (Å²) in [4.78, 5) is 26.0. The standard InChI is InChI=1S/C22H32F2N2O6/c1-6-30-19-11-26(21(29)32-22(3,4)5)18(12-31-19)20(28)17(25-13(2)27)9-14-7-15(23)10-16(24)8-14/h7-8,10,17-20,28H,6,9,11-12H2,1-5H3,(H,25,27). The van der Waals surface area contributed by atoms with Crippen molar-refractivity contribution >= 4 is 12.0 Å². The summed E-state index contributed by atoms with van der Waals surface area (Å²) in [6, 6.07) is 1.14. The fraction of sp³-hybridized carbons (Fsp3) is 0.636. The molecule has 0 bridgehead atoms. The van der Waals surface area contributed by atoms with E-state index in [4.69, 9.17) is 14.2 Å². The van der Waals surface area contributed by atoms with Crippen molar-refractivity contribution in [1.82, 2.24) is 10.2 Å². The molecule has 1 aromatic rings. The van der Waals surface area contributed by atoms with Gasteiger partial charge in [-0.05, 0) is 51.8 Å². The second-order valence-corrected chi connectivity index (χ2v) is 8.70. The lowest BCUT2D eigenvalue weighted by atomic mass is 9.95. The van der Waals surface area contributed by atoms with Crippen LogP contribution < -0.4 is 5.32 Å². The van der Waals surface area contributed by atoms with Crippen LogP contribution in [0.3, 0.4) is 0 Å². The molecule has 4 unspecified atom stereocenters. The highest BCUT2D eigenvalue weighted by Gasteiger charge is 2.42. The van der Waals surface area contributed by atoms with E-state index in [1.165, 1.54) is 11.8 Å². The Labute approximate surface area is 186 Å². The first-order chi connectivity index (χ1) is 14.9. The Bertz CT molecular complexity index is 781. The predicted octanol–water partition coefficient (Wildman–Crippen LogP) is 2.37. The van der Waals surface area contributed by atoms with E-state index in [1.54, 1.807) is 27.7 Å². The number of morpholine rings is 1. The molecule has 0 spiro atoms. The Balaban J connectivity index is 2.29. The number of carbonyl (C=O) groups is 2. The maximum absolute atomic E-state index is 13.6. The number of amides is 2. The Morgan fingerprint density at radius 2 is 1.91 bits per heavy atom. The quantitative estimate of drug-likeness (QED) is 0.651. The van der Waals surface area contributed by atoms with Gasteiger partial charge in [0.05, 0.1) is 31.3 Å². The third-order valence-electron chi connectivity index (χ3n) is 4.75. The number of rotatable bonds is 7. The molecule has 1 saturated heterocycles. The zero-order valence-electron chi connectivity index (χ0n) is 19.1. The molecule has 0 aromatic heterocycles. The minimum atomic E-state index is -1.32. The highest BCUT2D eigenvalue weighted by atomic mass is 19.1. The minimum absolute atomic E-state index is 0.00582. The lowest BCUT2D eigenvalue weighted by molar-refractivity contribution is -0.201. The Hall–Kier alpha value is -2.30. The van der Waals surface area contributed by atoms with Crippen molar-refractivity contribution in [2.24, 2.45) is 0 Å². The number of halogens is 2. The molecule has 0 radical (unpaired) electrons. The summed E-state index contributed by atoms with van der Waals surface area (Å²) in [5, 5.41) is 13.8. The van der Waals surface area contributed by atoms with Crippen LogP contribution in [0.2, 0.25) is 0 Å². The second-order valence-electron chi connectivity index (χ2n) is 8.70. The molecule has 2 amide bonds. The third-order valence-corrected chi connectivity index (χ3v) is 4.75. The van der Waals surface area contributed by atoms with Crippen molar-refractivity contribution in [3.63, 3.8) is 0 Å². The lowest BCUT2D eigenvalue weighted by Crippen LogP contribution is -2.62. The molecule has 4 atom stereocenters. The number of hydrogen-bond donors (Lipinski definition) is 2. The number of benzene rings is 1. The average molecular weight is 459 g/mol. The van der Waals surface area contributed by atoms with Gasteiger partial charge in [0.2, 0.25) is 5.91 Å². The van der Waals surface area contributed by atoms with Crippen LogP contribution in [0.4, 0.5) is 13.6 Å². The molecular weight excluding hydrogens is 426 g/mol. The molecule has 1 heterocycles. The van der Waals surface area contributed by atoms with Gasteiger partial charge in [0.25, 0.3) is 0 Å². The van der Waals surface area contributed by atoms with Crippen molar-refractivity contribution in [2.75, 3.05) is 19.8 Å². The molecule has 1 fully saturated rings. The Morgan fingerprint density at radius 3 is 2.44 bits per heavy atom. The van der Waals surface area contributed by atoms with Gasteiger partial charge in [-0.15, -0.1) is 0 Å². The number of aliphatic hydroxyl groups excluding tert-OH is 1. The number of carbonyl (C=O) groups excluding carboxylic acids is 2. The van der Waals surface area contributed by atoms with Gasteiger partial charge >= 0.3 is 6.09 Å².